The second kappa shape index (κ2) is 9.80. The van der Waals surface area contributed by atoms with Crippen LogP contribution in [0.5, 0.6) is 0 Å². The highest BCUT2D eigenvalue weighted by Gasteiger charge is 2.25. The second-order valence-electron chi connectivity index (χ2n) is 6.26. The van der Waals surface area contributed by atoms with Crippen LogP contribution in [-0.4, -0.2) is 60.4 Å². The Balaban J connectivity index is 1.44. The molecule has 2 amide bonds. The van der Waals surface area contributed by atoms with Crippen LogP contribution in [0.4, 0.5) is 4.39 Å². The number of ether oxygens (including phenoxy) is 1. The first-order valence-electron chi connectivity index (χ1n) is 8.84. The maximum Gasteiger partial charge on any atom is 0.331 e. The van der Waals surface area contributed by atoms with Crippen LogP contribution in [0, 0.1) is 5.82 Å². The summed E-state index contributed by atoms with van der Waals surface area (Å²) in [6.45, 7) is 1.22. The van der Waals surface area contributed by atoms with E-state index >= 15 is 0 Å². The normalized spacial score (nSPS) is 14.3. The van der Waals surface area contributed by atoms with Crippen molar-refractivity contribution in [3.63, 3.8) is 0 Å². The van der Waals surface area contributed by atoms with Gasteiger partial charge in [0.1, 0.15) is 5.82 Å². The van der Waals surface area contributed by atoms with Gasteiger partial charge >= 0.3 is 5.97 Å². The van der Waals surface area contributed by atoms with Gasteiger partial charge in [-0.15, -0.1) is 11.3 Å². The fourth-order valence-electron chi connectivity index (χ4n) is 2.79. The second-order valence-corrected chi connectivity index (χ2v) is 8.12. The van der Waals surface area contributed by atoms with Crippen molar-refractivity contribution < 1.29 is 23.5 Å². The minimum absolute atomic E-state index is 0.0385. The number of hydrogen-bond donors (Lipinski definition) is 0. The molecule has 3 rings (SSSR count). The van der Waals surface area contributed by atoms with E-state index in [-0.39, 0.29) is 17.4 Å². The van der Waals surface area contributed by atoms with E-state index in [2.05, 4.69) is 15.9 Å². The highest BCUT2D eigenvalue weighted by atomic mass is 79.9. The average molecular weight is 481 g/mol. The zero-order valence-corrected chi connectivity index (χ0v) is 17.7. The van der Waals surface area contributed by atoms with Crippen LogP contribution in [0.3, 0.4) is 0 Å². The van der Waals surface area contributed by atoms with Gasteiger partial charge in [0.25, 0.3) is 11.8 Å². The molecule has 1 aromatic heterocycles. The molecular weight excluding hydrogens is 463 g/mol. The van der Waals surface area contributed by atoms with Crippen LogP contribution in [-0.2, 0) is 14.3 Å². The van der Waals surface area contributed by atoms with Crippen molar-refractivity contribution in [2.75, 3.05) is 32.8 Å². The number of halogens is 2. The fourth-order valence-corrected chi connectivity index (χ4v) is 3.86. The number of carbonyl (C=O) groups is 3. The average Bonchev–Trinajstić information content (AvgIpc) is 3.27. The maximum atomic E-state index is 13.6. The van der Waals surface area contributed by atoms with Gasteiger partial charge in [-0.2, -0.15) is 0 Å². The Morgan fingerprint density at radius 1 is 1.14 bits per heavy atom. The molecule has 1 aromatic carbocycles. The quantitative estimate of drug-likeness (QED) is 0.486. The van der Waals surface area contributed by atoms with E-state index in [0.717, 1.165) is 6.08 Å². The number of carbonyl (C=O) groups excluding carboxylic acids is 3. The van der Waals surface area contributed by atoms with Gasteiger partial charge in [0, 0.05) is 42.3 Å². The number of thiophene rings is 1. The number of piperazine rings is 1. The first-order valence-corrected chi connectivity index (χ1v) is 10.5. The van der Waals surface area contributed by atoms with Crippen molar-refractivity contribution in [1.82, 2.24) is 9.80 Å². The van der Waals surface area contributed by atoms with E-state index in [0.29, 0.717) is 35.5 Å². The number of hydrogen-bond acceptors (Lipinski definition) is 5. The zero-order valence-electron chi connectivity index (χ0n) is 15.3. The summed E-state index contributed by atoms with van der Waals surface area (Å²) in [5.41, 5.74) is 0.231. The topological polar surface area (TPSA) is 66.9 Å². The lowest BCUT2D eigenvalue weighted by Gasteiger charge is -2.34. The van der Waals surface area contributed by atoms with Gasteiger partial charge in [-0.3, -0.25) is 9.59 Å². The summed E-state index contributed by atoms with van der Waals surface area (Å²) in [5, 5.41) is 1.85. The van der Waals surface area contributed by atoms with E-state index in [9.17, 15) is 18.8 Å². The van der Waals surface area contributed by atoms with Crippen LogP contribution in [0.2, 0.25) is 0 Å². The summed E-state index contributed by atoms with van der Waals surface area (Å²) < 4.78 is 19.3. The third-order valence-corrected chi connectivity index (χ3v) is 5.70. The number of rotatable bonds is 5. The molecule has 1 aliphatic rings. The van der Waals surface area contributed by atoms with Gasteiger partial charge < -0.3 is 14.5 Å². The molecule has 0 aliphatic carbocycles. The number of amides is 2. The van der Waals surface area contributed by atoms with Crippen molar-refractivity contribution in [3.05, 3.63) is 62.5 Å². The van der Waals surface area contributed by atoms with Crippen molar-refractivity contribution in [2.24, 2.45) is 0 Å². The molecule has 152 valence electrons. The first kappa shape index (κ1) is 21.2. The summed E-state index contributed by atoms with van der Waals surface area (Å²) in [6, 6.07) is 7.96. The lowest BCUT2D eigenvalue weighted by molar-refractivity contribution is -0.148. The molecule has 0 unspecified atom stereocenters. The van der Waals surface area contributed by atoms with Gasteiger partial charge in [0.2, 0.25) is 0 Å². The molecule has 2 aromatic rings. The Bertz CT molecular complexity index is 925. The molecular formula is C20H18BrFN2O4S. The highest BCUT2D eigenvalue weighted by Crippen LogP contribution is 2.17. The minimum atomic E-state index is -0.732. The van der Waals surface area contributed by atoms with Gasteiger partial charge in [-0.05, 0) is 35.7 Å². The highest BCUT2D eigenvalue weighted by molar-refractivity contribution is 9.10. The monoisotopic (exact) mass is 480 g/mol. The van der Waals surface area contributed by atoms with Crippen molar-refractivity contribution in [1.29, 1.82) is 0 Å². The summed E-state index contributed by atoms with van der Waals surface area (Å²) in [6.07, 6.45) is 2.37. The molecule has 0 saturated carbocycles. The van der Waals surface area contributed by atoms with Crippen molar-refractivity contribution in [2.45, 2.75) is 0 Å². The largest absolute Gasteiger partial charge is 0.452 e. The SMILES string of the molecule is O=C(/C=C/c1cc(Br)ccc1F)OCC(=O)N1CCN(C(=O)c2cccs2)CC1. The van der Waals surface area contributed by atoms with Gasteiger partial charge in [-0.25, -0.2) is 9.18 Å². The van der Waals surface area contributed by atoms with Gasteiger partial charge in [-0.1, -0.05) is 22.0 Å². The summed E-state index contributed by atoms with van der Waals surface area (Å²) in [5.74, 6) is -1.57. The Morgan fingerprint density at radius 2 is 1.86 bits per heavy atom. The minimum Gasteiger partial charge on any atom is -0.452 e. The number of nitrogens with zero attached hydrogens (tertiary/aromatic N) is 2. The fraction of sp³-hybridized carbons (Fsp3) is 0.250. The molecule has 0 atom stereocenters. The summed E-state index contributed by atoms with van der Waals surface area (Å²) in [4.78, 5) is 40.3. The van der Waals surface area contributed by atoms with Crippen molar-refractivity contribution >= 4 is 51.1 Å². The van der Waals surface area contributed by atoms with Crippen LogP contribution in [0.1, 0.15) is 15.2 Å². The molecule has 9 heteroatoms. The van der Waals surface area contributed by atoms with E-state index in [4.69, 9.17) is 4.74 Å². The molecule has 29 heavy (non-hydrogen) atoms. The Hall–Kier alpha value is -2.52. The van der Waals surface area contributed by atoms with Crippen LogP contribution < -0.4 is 0 Å². The Kier molecular flexibility index (Phi) is 7.16. The molecule has 1 saturated heterocycles. The van der Waals surface area contributed by atoms with Gasteiger partial charge in [0.05, 0.1) is 4.88 Å². The molecule has 0 bridgehead atoms. The van der Waals surface area contributed by atoms with E-state index < -0.39 is 18.4 Å². The van der Waals surface area contributed by atoms with E-state index in [1.54, 1.807) is 21.9 Å². The molecule has 0 radical (unpaired) electrons. The Labute approximate surface area is 179 Å². The van der Waals surface area contributed by atoms with Crippen molar-refractivity contribution in [3.8, 4) is 0 Å². The molecule has 0 N–H and O–H groups in total. The molecule has 1 fully saturated rings. The third-order valence-electron chi connectivity index (χ3n) is 4.35. The Morgan fingerprint density at radius 3 is 2.55 bits per heavy atom. The van der Waals surface area contributed by atoms with Crippen LogP contribution in [0.15, 0.2) is 46.3 Å². The predicted octanol–water partition coefficient (Wildman–Crippen LogP) is 3.19. The molecule has 1 aliphatic heterocycles. The molecule has 2 heterocycles. The van der Waals surface area contributed by atoms with E-state index in [1.165, 1.54) is 29.5 Å². The summed E-state index contributed by atoms with van der Waals surface area (Å²) >= 11 is 4.62. The van der Waals surface area contributed by atoms with E-state index in [1.807, 2.05) is 11.4 Å². The number of benzene rings is 1. The predicted molar refractivity (Wildman–Crippen MR) is 111 cm³/mol. The molecule has 0 spiro atoms. The molecule has 6 nitrogen and oxygen atoms in total. The smallest absolute Gasteiger partial charge is 0.331 e. The third kappa shape index (κ3) is 5.74. The van der Waals surface area contributed by atoms with Crippen LogP contribution in [0.25, 0.3) is 6.08 Å². The summed E-state index contributed by atoms with van der Waals surface area (Å²) in [7, 11) is 0. The number of esters is 1. The first-order chi connectivity index (χ1) is 13.9. The lowest BCUT2D eigenvalue weighted by Crippen LogP contribution is -2.51. The maximum absolute atomic E-state index is 13.6. The standard InChI is InChI=1S/C20H18BrFN2O4S/c21-15-4-5-16(22)14(12-15)3-6-19(26)28-13-18(25)23-7-9-24(10-8-23)20(27)17-2-1-11-29-17/h1-6,11-12H,7-10,13H2/b6-3+. The lowest BCUT2D eigenvalue weighted by atomic mass is 10.2. The van der Waals surface area contributed by atoms with Gasteiger partial charge in [0.15, 0.2) is 6.61 Å². The zero-order chi connectivity index (χ0) is 20.8. The van der Waals surface area contributed by atoms with Crippen LogP contribution >= 0.6 is 27.3 Å².